The van der Waals surface area contributed by atoms with Crippen molar-refractivity contribution in [1.82, 2.24) is 5.32 Å². The maximum atomic E-state index is 3.47. The van der Waals surface area contributed by atoms with Gasteiger partial charge in [0.15, 0.2) is 0 Å². The molecule has 0 aromatic rings. The van der Waals surface area contributed by atoms with Crippen LogP contribution in [-0.4, -0.2) is 12.6 Å². The standard InChI is InChI=1S/C8H17N/c1-4-8-6(2)5-9-7(8)3/h6-9H,4-5H2,1-3H3/t6-,7+,8-/m0/s1. The summed E-state index contributed by atoms with van der Waals surface area (Å²) >= 11 is 0. The molecule has 1 aliphatic rings. The molecule has 0 aliphatic carbocycles. The monoisotopic (exact) mass is 127 g/mol. The van der Waals surface area contributed by atoms with Crippen LogP contribution in [-0.2, 0) is 0 Å². The topological polar surface area (TPSA) is 12.0 Å². The van der Waals surface area contributed by atoms with Crippen molar-refractivity contribution in [1.29, 1.82) is 0 Å². The molecule has 1 heteroatoms. The molecule has 1 fully saturated rings. The van der Waals surface area contributed by atoms with E-state index in [0.717, 1.165) is 17.9 Å². The first-order valence-electron chi connectivity index (χ1n) is 3.99. The van der Waals surface area contributed by atoms with Crippen LogP contribution in [0, 0.1) is 11.8 Å². The molecule has 0 aromatic carbocycles. The zero-order valence-electron chi connectivity index (χ0n) is 6.65. The maximum absolute atomic E-state index is 3.47. The summed E-state index contributed by atoms with van der Waals surface area (Å²) in [5.74, 6) is 1.81. The van der Waals surface area contributed by atoms with Crippen LogP contribution in [0.3, 0.4) is 0 Å². The SMILES string of the molecule is CC[C@H]1[C@@H](C)CN[C@@H]1C. The summed E-state index contributed by atoms with van der Waals surface area (Å²) in [6, 6.07) is 0.755. The highest BCUT2D eigenvalue weighted by molar-refractivity contribution is 4.83. The minimum atomic E-state index is 0.755. The van der Waals surface area contributed by atoms with E-state index in [9.17, 15) is 0 Å². The van der Waals surface area contributed by atoms with Gasteiger partial charge in [-0.15, -0.1) is 0 Å². The van der Waals surface area contributed by atoms with Crippen LogP contribution >= 0.6 is 0 Å². The Morgan fingerprint density at radius 2 is 2.11 bits per heavy atom. The average molecular weight is 127 g/mol. The van der Waals surface area contributed by atoms with Gasteiger partial charge in [0.2, 0.25) is 0 Å². The maximum Gasteiger partial charge on any atom is 0.00700 e. The normalized spacial score (nSPS) is 43.7. The van der Waals surface area contributed by atoms with Crippen molar-refractivity contribution in [3.63, 3.8) is 0 Å². The van der Waals surface area contributed by atoms with Gasteiger partial charge in [0.25, 0.3) is 0 Å². The zero-order chi connectivity index (χ0) is 6.85. The van der Waals surface area contributed by atoms with Gasteiger partial charge in [0, 0.05) is 6.04 Å². The first-order chi connectivity index (χ1) is 4.25. The molecule has 1 heterocycles. The molecule has 0 aromatic heterocycles. The van der Waals surface area contributed by atoms with Gasteiger partial charge in [-0.3, -0.25) is 0 Å². The molecule has 1 N–H and O–H groups in total. The van der Waals surface area contributed by atoms with E-state index >= 15 is 0 Å². The Morgan fingerprint density at radius 1 is 1.44 bits per heavy atom. The first-order valence-corrected chi connectivity index (χ1v) is 3.99. The lowest BCUT2D eigenvalue weighted by atomic mass is 9.91. The Hall–Kier alpha value is -0.0400. The summed E-state index contributed by atoms with van der Waals surface area (Å²) in [5, 5.41) is 3.47. The van der Waals surface area contributed by atoms with Crippen molar-refractivity contribution in [2.75, 3.05) is 6.54 Å². The Bertz CT molecular complexity index is 80.6. The van der Waals surface area contributed by atoms with Crippen molar-refractivity contribution in [2.24, 2.45) is 11.8 Å². The second-order valence-electron chi connectivity index (χ2n) is 3.25. The second-order valence-corrected chi connectivity index (χ2v) is 3.25. The second kappa shape index (κ2) is 2.70. The van der Waals surface area contributed by atoms with Crippen molar-refractivity contribution in [2.45, 2.75) is 33.2 Å². The molecule has 0 amide bonds. The highest BCUT2D eigenvalue weighted by Gasteiger charge is 2.27. The molecule has 1 aliphatic heterocycles. The van der Waals surface area contributed by atoms with Crippen LogP contribution in [0.4, 0.5) is 0 Å². The van der Waals surface area contributed by atoms with Crippen molar-refractivity contribution >= 4 is 0 Å². The molecular formula is C8H17N. The number of hydrogen-bond donors (Lipinski definition) is 1. The first kappa shape index (κ1) is 7.07. The van der Waals surface area contributed by atoms with E-state index in [2.05, 4.69) is 26.1 Å². The van der Waals surface area contributed by atoms with E-state index in [1.807, 2.05) is 0 Å². The van der Waals surface area contributed by atoms with E-state index in [-0.39, 0.29) is 0 Å². The highest BCUT2D eigenvalue weighted by Crippen LogP contribution is 2.24. The van der Waals surface area contributed by atoms with E-state index < -0.39 is 0 Å². The Labute approximate surface area is 57.8 Å². The minimum Gasteiger partial charge on any atom is -0.314 e. The molecular weight excluding hydrogens is 110 g/mol. The van der Waals surface area contributed by atoms with E-state index in [1.54, 1.807) is 0 Å². The smallest absolute Gasteiger partial charge is 0.00700 e. The average Bonchev–Trinajstić information content (AvgIpc) is 2.12. The fourth-order valence-electron chi connectivity index (χ4n) is 1.92. The molecule has 3 atom stereocenters. The van der Waals surface area contributed by atoms with E-state index in [1.165, 1.54) is 13.0 Å². The highest BCUT2D eigenvalue weighted by atomic mass is 15.0. The van der Waals surface area contributed by atoms with Gasteiger partial charge in [0.05, 0.1) is 0 Å². The Balaban J connectivity index is 2.44. The van der Waals surface area contributed by atoms with Crippen LogP contribution in [0.25, 0.3) is 0 Å². The largest absolute Gasteiger partial charge is 0.314 e. The summed E-state index contributed by atoms with van der Waals surface area (Å²) in [6.45, 7) is 8.13. The van der Waals surface area contributed by atoms with Crippen LogP contribution in [0.1, 0.15) is 27.2 Å². The Morgan fingerprint density at radius 3 is 2.33 bits per heavy atom. The summed E-state index contributed by atoms with van der Waals surface area (Å²) in [4.78, 5) is 0. The minimum absolute atomic E-state index is 0.755. The predicted octanol–water partition coefficient (Wildman–Crippen LogP) is 1.64. The molecule has 54 valence electrons. The van der Waals surface area contributed by atoms with Gasteiger partial charge >= 0.3 is 0 Å². The summed E-state index contributed by atoms with van der Waals surface area (Å²) in [5.41, 5.74) is 0. The lowest BCUT2D eigenvalue weighted by Crippen LogP contribution is -2.22. The van der Waals surface area contributed by atoms with Crippen LogP contribution < -0.4 is 5.32 Å². The molecule has 0 saturated carbocycles. The molecule has 1 nitrogen and oxygen atoms in total. The van der Waals surface area contributed by atoms with Gasteiger partial charge in [-0.05, 0) is 25.3 Å². The predicted molar refractivity (Wildman–Crippen MR) is 40.4 cm³/mol. The molecule has 1 saturated heterocycles. The van der Waals surface area contributed by atoms with E-state index in [4.69, 9.17) is 0 Å². The van der Waals surface area contributed by atoms with Gasteiger partial charge < -0.3 is 5.32 Å². The van der Waals surface area contributed by atoms with Gasteiger partial charge in [-0.1, -0.05) is 20.3 Å². The van der Waals surface area contributed by atoms with Gasteiger partial charge in [0.1, 0.15) is 0 Å². The summed E-state index contributed by atoms with van der Waals surface area (Å²) in [7, 11) is 0. The molecule has 0 spiro atoms. The van der Waals surface area contributed by atoms with Crippen molar-refractivity contribution in [3.8, 4) is 0 Å². The van der Waals surface area contributed by atoms with Crippen LogP contribution in [0.2, 0.25) is 0 Å². The third-order valence-corrected chi connectivity index (χ3v) is 2.61. The van der Waals surface area contributed by atoms with Gasteiger partial charge in [-0.25, -0.2) is 0 Å². The van der Waals surface area contributed by atoms with E-state index in [0.29, 0.717) is 0 Å². The van der Waals surface area contributed by atoms with Gasteiger partial charge in [-0.2, -0.15) is 0 Å². The summed E-state index contributed by atoms with van der Waals surface area (Å²) in [6.07, 6.45) is 1.33. The number of hydrogen-bond acceptors (Lipinski definition) is 1. The van der Waals surface area contributed by atoms with Crippen LogP contribution in [0.15, 0.2) is 0 Å². The van der Waals surface area contributed by atoms with Crippen molar-refractivity contribution in [3.05, 3.63) is 0 Å². The lowest BCUT2D eigenvalue weighted by molar-refractivity contribution is 0.386. The quantitative estimate of drug-likeness (QED) is 0.564. The lowest BCUT2D eigenvalue weighted by Gasteiger charge is -2.15. The molecule has 9 heavy (non-hydrogen) atoms. The summed E-state index contributed by atoms with van der Waals surface area (Å²) < 4.78 is 0. The molecule has 0 unspecified atom stereocenters. The Kier molecular flexibility index (Phi) is 2.12. The molecule has 0 bridgehead atoms. The third-order valence-electron chi connectivity index (χ3n) is 2.61. The third kappa shape index (κ3) is 1.26. The van der Waals surface area contributed by atoms with Crippen LogP contribution in [0.5, 0.6) is 0 Å². The molecule has 0 radical (unpaired) electrons. The number of rotatable bonds is 1. The fourth-order valence-corrected chi connectivity index (χ4v) is 1.92. The fraction of sp³-hybridized carbons (Fsp3) is 1.00. The zero-order valence-corrected chi connectivity index (χ0v) is 6.65. The molecule has 1 rings (SSSR count). The van der Waals surface area contributed by atoms with Crippen molar-refractivity contribution < 1.29 is 0 Å². The number of nitrogens with one attached hydrogen (secondary N) is 1.